The molecule has 2 aromatic rings. The van der Waals surface area contributed by atoms with Gasteiger partial charge in [-0.3, -0.25) is 4.85 Å². The lowest BCUT2D eigenvalue weighted by atomic mass is 9.96. The summed E-state index contributed by atoms with van der Waals surface area (Å²) in [7, 11) is 0. The van der Waals surface area contributed by atoms with Gasteiger partial charge in [0.15, 0.2) is 0 Å². The predicted molar refractivity (Wildman–Crippen MR) is 77.3 cm³/mol. The third kappa shape index (κ3) is 1.77. The monoisotopic (exact) mass is 265 g/mol. The van der Waals surface area contributed by atoms with E-state index in [9.17, 15) is 4.79 Å². The van der Waals surface area contributed by atoms with Crippen LogP contribution in [-0.2, 0) is 22.4 Å². The van der Waals surface area contributed by atoms with E-state index < -0.39 is 11.5 Å². The van der Waals surface area contributed by atoms with Gasteiger partial charge in [0.1, 0.15) is 0 Å². The summed E-state index contributed by atoms with van der Waals surface area (Å²) in [5, 5.41) is 2.29. The van der Waals surface area contributed by atoms with E-state index in [4.69, 9.17) is 11.3 Å². The van der Waals surface area contributed by atoms with Gasteiger partial charge in [-0.05, 0) is 28.8 Å². The van der Waals surface area contributed by atoms with Crippen molar-refractivity contribution in [2.45, 2.75) is 25.3 Å². The highest BCUT2D eigenvalue weighted by atomic mass is 16.5. The van der Waals surface area contributed by atoms with E-state index in [2.05, 4.69) is 23.0 Å². The standard InChI is InChI=1S/C17H15NO2/c1-3-20-16(19)17(18-2)10-13-9-8-12-6-4-5-7-14(12)15(13)11-17/h4-9H,3,10-11H2,1H3. The lowest BCUT2D eigenvalue weighted by Gasteiger charge is -2.13. The number of benzene rings is 2. The molecule has 3 rings (SSSR count). The Kier molecular flexibility index (Phi) is 2.94. The summed E-state index contributed by atoms with van der Waals surface area (Å²) < 4.78 is 5.11. The lowest BCUT2D eigenvalue weighted by molar-refractivity contribution is -0.147. The second-order valence-electron chi connectivity index (χ2n) is 5.14. The molecule has 0 saturated carbocycles. The molecule has 0 spiro atoms. The van der Waals surface area contributed by atoms with Crippen molar-refractivity contribution in [2.75, 3.05) is 6.61 Å². The minimum Gasteiger partial charge on any atom is -0.460 e. The van der Waals surface area contributed by atoms with Gasteiger partial charge < -0.3 is 4.74 Å². The van der Waals surface area contributed by atoms with Gasteiger partial charge in [-0.25, -0.2) is 11.4 Å². The molecule has 1 aliphatic carbocycles. The highest BCUT2D eigenvalue weighted by molar-refractivity contribution is 5.92. The molecule has 0 radical (unpaired) electrons. The highest BCUT2D eigenvalue weighted by Crippen LogP contribution is 2.38. The van der Waals surface area contributed by atoms with Gasteiger partial charge in [-0.2, -0.15) is 0 Å². The largest absolute Gasteiger partial charge is 0.460 e. The zero-order valence-electron chi connectivity index (χ0n) is 11.3. The van der Waals surface area contributed by atoms with Crippen LogP contribution < -0.4 is 0 Å². The molecule has 3 heteroatoms. The van der Waals surface area contributed by atoms with Crippen molar-refractivity contribution in [1.82, 2.24) is 0 Å². The molecule has 20 heavy (non-hydrogen) atoms. The molecule has 1 unspecified atom stereocenters. The summed E-state index contributed by atoms with van der Waals surface area (Å²) in [5.74, 6) is -0.393. The fourth-order valence-corrected chi connectivity index (χ4v) is 2.96. The normalized spacial score (nSPS) is 20.4. The molecule has 1 atom stereocenters. The summed E-state index contributed by atoms with van der Waals surface area (Å²) in [6.07, 6.45) is 0.904. The Balaban J connectivity index is 2.09. The number of esters is 1. The van der Waals surface area contributed by atoms with Crippen LogP contribution in [0.25, 0.3) is 15.6 Å². The van der Waals surface area contributed by atoms with Gasteiger partial charge in [0.2, 0.25) is 0 Å². The fraction of sp³-hybridized carbons (Fsp3) is 0.294. The number of hydrogen-bond donors (Lipinski definition) is 0. The maximum Gasteiger partial charge on any atom is 0.394 e. The molecule has 0 fully saturated rings. The maximum absolute atomic E-state index is 12.2. The molecule has 0 bridgehead atoms. The Morgan fingerprint density at radius 1 is 1.30 bits per heavy atom. The second-order valence-corrected chi connectivity index (χ2v) is 5.14. The zero-order valence-corrected chi connectivity index (χ0v) is 11.3. The number of nitrogens with zero attached hydrogens (tertiary/aromatic N) is 1. The SMILES string of the molecule is [C-]#[N+]C1(C(=O)OCC)Cc2ccc3ccccc3c2C1. The van der Waals surface area contributed by atoms with Crippen molar-refractivity contribution in [1.29, 1.82) is 0 Å². The summed E-state index contributed by atoms with van der Waals surface area (Å²) in [6.45, 7) is 9.55. The number of hydrogen-bond acceptors (Lipinski definition) is 2. The minimum absolute atomic E-state index is 0.313. The average molecular weight is 265 g/mol. The van der Waals surface area contributed by atoms with Crippen molar-refractivity contribution in [3.05, 3.63) is 58.9 Å². The third-order valence-electron chi connectivity index (χ3n) is 3.96. The lowest BCUT2D eigenvalue weighted by Crippen LogP contribution is -2.37. The van der Waals surface area contributed by atoms with Crippen molar-refractivity contribution in [3.8, 4) is 0 Å². The van der Waals surface area contributed by atoms with Crippen LogP contribution in [-0.4, -0.2) is 18.1 Å². The van der Waals surface area contributed by atoms with Gasteiger partial charge in [-0.1, -0.05) is 36.4 Å². The maximum atomic E-state index is 12.2. The Morgan fingerprint density at radius 2 is 2.10 bits per heavy atom. The number of ether oxygens (including phenoxy) is 1. The van der Waals surface area contributed by atoms with Crippen molar-refractivity contribution in [2.24, 2.45) is 0 Å². The second kappa shape index (κ2) is 4.64. The van der Waals surface area contributed by atoms with Crippen LogP contribution in [0.3, 0.4) is 0 Å². The van der Waals surface area contributed by atoms with Crippen molar-refractivity contribution >= 4 is 16.7 Å². The molecule has 0 heterocycles. The molecule has 0 saturated heterocycles. The summed E-state index contributed by atoms with van der Waals surface area (Å²) in [5.41, 5.74) is 1.14. The van der Waals surface area contributed by atoms with E-state index in [1.807, 2.05) is 18.2 Å². The highest BCUT2D eigenvalue weighted by Gasteiger charge is 2.52. The zero-order chi connectivity index (χ0) is 14.2. The van der Waals surface area contributed by atoms with E-state index >= 15 is 0 Å². The Bertz CT molecular complexity index is 729. The molecule has 0 amide bonds. The molecule has 1 aliphatic rings. The topological polar surface area (TPSA) is 30.7 Å². The number of rotatable bonds is 2. The smallest absolute Gasteiger partial charge is 0.394 e. The molecular formula is C17H15NO2. The predicted octanol–water partition coefficient (Wildman–Crippen LogP) is 3.16. The number of carbonyl (C=O) groups is 1. The Labute approximate surface area is 118 Å². The first-order chi connectivity index (χ1) is 9.70. The quantitative estimate of drug-likeness (QED) is 0.617. The van der Waals surface area contributed by atoms with Crippen LogP contribution in [0.2, 0.25) is 0 Å². The van der Waals surface area contributed by atoms with Crippen molar-refractivity contribution in [3.63, 3.8) is 0 Å². The fourth-order valence-electron chi connectivity index (χ4n) is 2.96. The summed E-state index contributed by atoms with van der Waals surface area (Å²) in [6, 6.07) is 12.2. The molecule has 0 aromatic heterocycles. The Morgan fingerprint density at radius 3 is 2.85 bits per heavy atom. The van der Waals surface area contributed by atoms with Crippen LogP contribution in [0.5, 0.6) is 0 Å². The number of fused-ring (bicyclic) bond motifs is 3. The van der Waals surface area contributed by atoms with Gasteiger partial charge in [0, 0.05) is 0 Å². The first-order valence-electron chi connectivity index (χ1n) is 6.75. The van der Waals surface area contributed by atoms with Gasteiger partial charge in [-0.15, -0.1) is 0 Å². The van der Waals surface area contributed by atoms with E-state index in [1.165, 1.54) is 0 Å². The molecular weight excluding hydrogens is 250 g/mol. The third-order valence-corrected chi connectivity index (χ3v) is 3.96. The minimum atomic E-state index is -1.07. The van der Waals surface area contributed by atoms with Gasteiger partial charge >= 0.3 is 11.5 Å². The van der Waals surface area contributed by atoms with E-state index in [-0.39, 0.29) is 0 Å². The van der Waals surface area contributed by atoms with Gasteiger partial charge in [0.25, 0.3) is 0 Å². The van der Waals surface area contributed by atoms with Crippen LogP contribution in [0.1, 0.15) is 18.1 Å². The molecule has 3 nitrogen and oxygen atoms in total. The first kappa shape index (κ1) is 12.7. The van der Waals surface area contributed by atoms with Crippen LogP contribution in [0.15, 0.2) is 36.4 Å². The average Bonchev–Trinajstić information content (AvgIpc) is 2.88. The molecule has 2 aromatic carbocycles. The van der Waals surface area contributed by atoms with Crippen LogP contribution in [0, 0.1) is 6.57 Å². The first-order valence-corrected chi connectivity index (χ1v) is 6.75. The number of carbonyl (C=O) groups excluding carboxylic acids is 1. The van der Waals surface area contributed by atoms with Crippen LogP contribution >= 0.6 is 0 Å². The van der Waals surface area contributed by atoms with Crippen LogP contribution in [0.4, 0.5) is 0 Å². The van der Waals surface area contributed by atoms with E-state index in [0.717, 1.165) is 21.9 Å². The summed E-state index contributed by atoms with van der Waals surface area (Å²) >= 11 is 0. The van der Waals surface area contributed by atoms with Crippen molar-refractivity contribution < 1.29 is 9.53 Å². The van der Waals surface area contributed by atoms with E-state index in [0.29, 0.717) is 19.4 Å². The molecule has 0 N–H and O–H groups in total. The summed E-state index contributed by atoms with van der Waals surface area (Å²) in [4.78, 5) is 15.8. The van der Waals surface area contributed by atoms with E-state index in [1.54, 1.807) is 6.92 Å². The molecule has 100 valence electrons. The molecule has 0 aliphatic heterocycles. The van der Waals surface area contributed by atoms with Gasteiger partial charge in [0.05, 0.1) is 19.4 Å². The Hall–Kier alpha value is -2.34.